The Morgan fingerprint density at radius 2 is 2.08 bits per heavy atom. The van der Waals surface area contributed by atoms with E-state index in [4.69, 9.17) is 5.11 Å². The molecule has 0 saturated heterocycles. The largest absolute Gasteiger partial charge is 0.392 e. The number of halogens is 1. The Kier molecular flexibility index (Phi) is 2.82. The van der Waals surface area contributed by atoms with Gasteiger partial charge in [0.25, 0.3) is 0 Å². The Morgan fingerprint density at radius 3 is 2.58 bits per heavy atom. The van der Waals surface area contributed by atoms with Crippen molar-refractivity contribution in [2.75, 3.05) is 0 Å². The summed E-state index contributed by atoms with van der Waals surface area (Å²) < 4.78 is 13.4. The summed E-state index contributed by atoms with van der Waals surface area (Å²) in [6, 6.07) is 5.12. The van der Waals surface area contributed by atoms with Gasteiger partial charge in [0.15, 0.2) is 0 Å². The van der Waals surface area contributed by atoms with Crippen molar-refractivity contribution in [3.63, 3.8) is 0 Å². The minimum absolute atomic E-state index is 0.163. The standard InChI is InChI=1S/C10H13FO/c1-7(2)9-5-3-4-8(6-12)10(9)11/h3-5,7,12H,6H2,1-2H3. The van der Waals surface area contributed by atoms with Gasteiger partial charge in [-0.2, -0.15) is 0 Å². The molecular formula is C10H13FO. The summed E-state index contributed by atoms with van der Waals surface area (Å²) in [4.78, 5) is 0. The molecule has 0 aliphatic heterocycles. The van der Waals surface area contributed by atoms with Gasteiger partial charge in [-0.15, -0.1) is 0 Å². The first-order valence-corrected chi connectivity index (χ1v) is 4.05. The predicted octanol–water partition coefficient (Wildman–Crippen LogP) is 2.44. The molecule has 0 spiro atoms. The maximum Gasteiger partial charge on any atom is 0.132 e. The van der Waals surface area contributed by atoms with Crippen LogP contribution >= 0.6 is 0 Å². The lowest BCUT2D eigenvalue weighted by Gasteiger charge is -2.08. The zero-order valence-corrected chi connectivity index (χ0v) is 7.34. The van der Waals surface area contributed by atoms with Gasteiger partial charge < -0.3 is 5.11 Å². The van der Waals surface area contributed by atoms with Crippen LogP contribution in [0.2, 0.25) is 0 Å². The minimum atomic E-state index is -0.269. The third-order valence-corrected chi connectivity index (χ3v) is 1.90. The van der Waals surface area contributed by atoms with E-state index < -0.39 is 0 Å². The molecule has 1 N–H and O–H groups in total. The van der Waals surface area contributed by atoms with Gasteiger partial charge in [-0.1, -0.05) is 32.0 Å². The highest BCUT2D eigenvalue weighted by Gasteiger charge is 2.09. The topological polar surface area (TPSA) is 20.2 Å². The first kappa shape index (κ1) is 9.20. The first-order valence-electron chi connectivity index (χ1n) is 4.05. The average molecular weight is 168 g/mol. The highest BCUT2D eigenvalue weighted by molar-refractivity contribution is 5.27. The molecule has 0 unspecified atom stereocenters. The average Bonchev–Trinajstić information content (AvgIpc) is 2.04. The van der Waals surface area contributed by atoms with Crippen molar-refractivity contribution in [1.82, 2.24) is 0 Å². The van der Waals surface area contributed by atoms with Crippen LogP contribution in [0, 0.1) is 5.82 Å². The van der Waals surface area contributed by atoms with Crippen LogP contribution in [-0.2, 0) is 6.61 Å². The van der Waals surface area contributed by atoms with E-state index in [1.165, 1.54) is 0 Å². The Labute approximate surface area is 71.9 Å². The zero-order valence-electron chi connectivity index (χ0n) is 7.34. The van der Waals surface area contributed by atoms with Gasteiger partial charge in [-0.3, -0.25) is 0 Å². The lowest BCUT2D eigenvalue weighted by Crippen LogP contribution is -1.97. The van der Waals surface area contributed by atoms with Crippen LogP contribution in [-0.4, -0.2) is 5.11 Å². The third-order valence-electron chi connectivity index (χ3n) is 1.90. The summed E-state index contributed by atoms with van der Waals surface area (Å²) >= 11 is 0. The molecule has 1 aromatic rings. The van der Waals surface area contributed by atoms with E-state index in [1.807, 2.05) is 13.8 Å². The number of benzene rings is 1. The SMILES string of the molecule is CC(C)c1cccc(CO)c1F. The summed E-state index contributed by atoms with van der Waals surface area (Å²) in [5, 5.41) is 8.78. The number of aliphatic hydroxyl groups is 1. The van der Waals surface area contributed by atoms with E-state index in [2.05, 4.69) is 0 Å². The van der Waals surface area contributed by atoms with Crippen molar-refractivity contribution in [3.05, 3.63) is 35.1 Å². The Morgan fingerprint density at radius 1 is 1.42 bits per heavy atom. The lowest BCUT2D eigenvalue weighted by molar-refractivity contribution is 0.275. The van der Waals surface area contributed by atoms with E-state index in [0.29, 0.717) is 11.1 Å². The van der Waals surface area contributed by atoms with Crippen LogP contribution in [0.5, 0.6) is 0 Å². The molecule has 0 radical (unpaired) electrons. The van der Waals surface area contributed by atoms with Gasteiger partial charge in [0, 0.05) is 5.56 Å². The highest BCUT2D eigenvalue weighted by atomic mass is 19.1. The van der Waals surface area contributed by atoms with Crippen LogP contribution in [0.3, 0.4) is 0 Å². The van der Waals surface area contributed by atoms with E-state index in [9.17, 15) is 4.39 Å². The zero-order chi connectivity index (χ0) is 9.14. The normalized spacial score (nSPS) is 10.8. The number of rotatable bonds is 2. The van der Waals surface area contributed by atoms with Gasteiger partial charge in [0.05, 0.1) is 6.61 Å². The monoisotopic (exact) mass is 168 g/mol. The van der Waals surface area contributed by atoms with Gasteiger partial charge in [-0.05, 0) is 11.5 Å². The Balaban J connectivity index is 3.14. The molecule has 0 amide bonds. The summed E-state index contributed by atoms with van der Waals surface area (Å²) in [6.07, 6.45) is 0. The molecule has 0 fully saturated rings. The number of hydrogen-bond donors (Lipinski definition) is 1. The Hall–Kier alpha value is -0.890. The molecule has 0 aromatic heterocycles. The minimum Gasteiger partial charge on any atom is -0.392 e. The fourth-order valence-electron chi connectivity index (χ4n) is 1.17. The maximum atomic E-state index is 13.4. The van der Waals surface area contributed by atoms with Crippen molar-refractivity contribution >= 4 is 0 Å². The van der Waals surface area contributed by atoms with Crippen molar-refractivity contribution < 1.29 is 9.50 Å². The van der Waals surface area contributed by atoms with Crippen LogP contribution in [0.15, 0.2) is 18.2 Å². The second-order valence-electron chi connectivity index (χ2n) is 3.13. The molecule has 1 nitrogen and oxygen atoms in total. The van der Waals surface area contributed by atoms with Crippen LogP contribution < -0.4 is 0 Å². The molecule has 0 heterocycles. The molecular weight excluding hydrogens is 155 g/mol. The first-order chi connectivity index (χ1) is 5.66. The second-order valence-corrected chi connectivity index (χ2v) is 3.13. The fourth-order valence-corrected chi connectivity index (χ4v) is 1.17. The van der Waals surface area contributed by atoms with E-state index in [-0.39, 0.29) is 18.3 Å². The molecule has 1 aromatic carbocycles. The van der Waals surface area contributed by atoms with E-state index >= 15 is 0 Å². The van der Waals surface area contributed by atoms with Crippen LogP contribution in [0.1, 0.15) is 30.9 Å². The molecule has 0 saturated carbocycles. The molecule has 1 rings (SSSR count). The van der Waals surface area contributed by atoms with Crippen molar-refractivity contribution in [2.24, 2.45) is 0 Å². The van der Waals surface area contributed by atoms with Gasteiger partial charge in [0.1, 0.15) is 5.82 Å². The van der Waals surface area contributed by atoms with Crippen LogP contribution in [0.25, 0.3) is 0 Å². The molecule has 12 heavy (non-hydrogen) atoms. The molecule has 66 valence electrons. The van der Waals surface area contributed by atoms with E-state index in [1.54, 1.807) is 18.2 Å². The summed E-state index contributed by atoms with van der Waals surface area (Å²) in [5.74, 6) is -0.105. The maximum absolute atomic E-state index is 13.4. The van der Waals surface area contributed by atoms with Crippen molar-refractivity contribution in [1.29, 1.82) is 0 Å². The van der Waals surface area contributed by atoms with E-state index in [0.717, 1.165) is 0 Å². The molecule has 0 aliphatic carbocycles. The van der Waals surface area contributed by atoms with Crippen molar-refractivity contribution in [3.8, 4) is 0 Å². The lowest BCUT2D eigenvalue weighted by atomic mass is 10.0. The molecule has 0 bridgehead atoms. The van der Waals surface area contributed by atoms with Crippen LogP contribution in [0.4, 0.5) is 4.39 Å². The predicted molar refractivity (Wildman–Crippen MR) is 46.4 cm³/mol. The van der Waals surface area contributed by atoms with Gasteiger partial charge in [0.2, 0.25) is 0 Å². The summed E-state index contributed by atoms with van der Waals surface area (Å²) in [6.45, 7) is 3.63. The second kappa shape index (κ2) is 3.68. The molecule has 0 aliphatic rings. The fraction of sp³-hybridized carbons (Fsp3) is 0.400. The smallest absolute Gasteiger partial charge is 0.132 e. The molecule has 2 heteroatoms. The molecule has 0 atom stereocenters. The quantitative estimate of drug-likeness (QED) is 0.719. The van der Waals surface area contributed by atoms with Gasteiger partial charge >= 0.3 is 0 Å². The van der Waals surface area contributed by atoms with Gasteiger partial charge in [-0.25, -0.2) is 4.39 Å². The summed E-state index contributed by atoms with van der Waals surface area (Å²) in [5.41, 5.74) is 1.04. The highest BCUT2D eigenvalue weighted by Crippen LogP contribution is 2.20. The third kappa shape index (κ3) is 1.64. The summed E-state index contributed by atoms with van der Waals surface area (Å²) in [7, 11) is 0. The van der Waals surface area contributed by atoms with Crippen molar-refractivity contribution in [2.45, 2.75) is 26.4 Å². The number of hydrogen-bond acceptors (Lipinski definition) is 1. The number of aliphatic hydroxyl groups excluding tert-OH is 1. The Bertz CT molecular complexity index is 269.